The first-order valence-corrected chi connectivity index (χ1v) is 21.3. The molecule has 1 atom stereocenters. The molecule has 0 bridgehead atoms. The molecule has 3 saturated heterocycles. The Bertz CT molecular complexity index is 2210. The number of benzene rings is 3. The maximum absolute atomic E-state index is 13.9. The molecule has 3 N–H and O–H groups in total. The van der Waals surface area contributed by atoms with Crippen LogP contribution in [0.15, 0.2) is 79.0 Å². The van der Waals surface area contributed by atoms with Crippen LogP contribution in [0, 0.1) is 0 Å². The standard InChI is InChI=1S/C41H48F3N9O4S/c1-50(58(2,56)57)33-8-5-6-28(24-33)25-45-38-36(41(42,43)44)26-46-40(49-38)47-30-10-12-31(13-11-30)52-18-16-32(17-19-52)53-22-20-51(21-23-53)27-29-7-3-4-9-34(29)35-14-15-37(54)48-39(35)55/h3-13,24,26,32,35H,14-23,25,27H2,1-2H3,(H,48,54,55)(H2,45,46,47,49). The lowest BCUT2D eigenvalue weighted by Gasteiger charge is -2.43. The number of aromatic nitrogens is 2. The van der Waals surface area contributed by atoms with Crippen molar-refractivity contribution in [1.29, 1.82) is 0 Å². The summed E-state index contributed by atoms with van der Waals surface area (Å²) in [5.74, 6) is -1.11. The van der Waals surface area contributed by atoms with Gasteiger partial charge in [0.2, 0.25) is 27.8 Å². The van der Waals surface area contributed by atoms with Crippen molar-refractivity contribution in [3.8, 4) is 0 Å². The topological polar surface area (TPSA) is 143 Å². The summed E-state index contributed by atoms with van der Waals surface area (Å²) >= 11 is 0. The summed E-state index contributed by atoms with van der Waals surface area (Å²) < 4.78 is 66.8. The van der Waals surface area contributed by atoms with Gasteiger partial charge in [-0.15, -0.1) is 0 Å². The highest BCUT2D eigenvalue weighted by Gasteiger charge is 2.36. The molecule has 2 amide bonds. The van der Waals surface area contributed by atoms with E-state index < -0.39 is 27.6 Å². The van der Waals surface area contributed by atoms with E-state index in [1.54, 1.807) is 24.3 Å². The summed E-state index contributed by atoms with van der Waals surface area (Å²) in [6.45, 7) is 6.39. The average molecular weight is 820 g/mol. The molecule has 58 heavy (non-hydrogen) atoms. The molecule has 1 aromatic heterocycles. The first-order chi connectivity index (χ1) is 27.7. The third kappa shape index (κ3) is 9.88. The van der Waals surface area contributed by atoms with Gasteiger partial charge in [-0.25, -0.2) is 13.4 Å². The lowest BCUT2D eigenvalue weighted by atomic mass is 9.87. The Morgan fingerprint density at radius 2 is 1.64 bits per heavy atom. The van der Waals surface area contributed by atoms with E-state index in [1.807, 2.05) is 42.5 Å². The Balaban J connectivity index is 0.904. The monoisotopic (exact) mass is 819 g/mol. The summed E-state index contributed by atoms with van der Waals surface area (Å²) in [6.07, 6.45) is 0.0910. The highest BCUT2D eigenvalue weighted by atomic mass is 32.2. The van der Waals surface area contributed by atoms with Gasteiger partial charge in [0.25, 0.3) is 0 Å². The van der Waals surface area contributed by atoms with Crippen molar-refractivity contribution in [3.63, 3.8) is 0 Å². The molecule has 0 radical (unpaired) electrons. The second-order valence-corrected chi connectivity index (χ2v) is 17.1. The molecule has 17 heteroatoms. The fourth-order valence-electron chi connectivity index (χ4n) is 7.93. The number of carbonyl (C=O) groups is 2. The Hall–Kier alpha value is -5.26. The molecule has 308 valence electrons. The molecule has 3 fully saturated rings. The Morgan fingerprint density at radius 1 is 0.914 bits per heavy atom. The van der Waals surface area contributed by atoms with E-state index in [-0.39, 0.29) is 30.2 Å². The van der Waals surface area contributed by atoms with Crippen LogP contribution in [0.1, 0.15) is 53.9 Å². The molecule has 0 spiro atoms. The number of piperazine rings is 1. The molecule has 0 aliphatic carbocycles. The normalized spacial score (nSPS) is 18.8. The van der Waals surface area contributed by atoms with Crippen molar-refractivity contribution in [1.82, 2.24) is 25.1 Å². The van der Waals surface area contributed by atoms with Crippen LogP contribution in [0.3, 0.4) is 0 Å². The van der Waals surface area contributed by atoms with Gasteiger partial charge in [0.1, 0.15) is 11.4 Å². The van der Waals surface area contributed by atoms with E-state index in [0.717, 1.165) is 92.2 Å². The van der Waals surface area contributed by atoms with Crippen LogP contribution < -0.4 is 25.2 Å². The summed E-state index contributed by atoms with van der Waals surface area (Å²) in [5.41, 5.74) is 3.77. The molecule has 3 aliphatic heterocycles. The number of nitrogens with zero attached hydrogens (tertiary/aromatic N) is 6. The number of carbonyl (C=O) groups excluding carboxylic acids is 2. The van der Waals surface area contributed by atoms with E-state index in [4.69, 9.17) is 0 Å². The number of amides is 2. The van der Waals surface area contributed by atoms with Gasteiger partial charge >= 0.3 is 6.18 Å². The Labute approximate surface area is 336 Å². The molecule has 0 saturated carbocycles. The van der Waals surface area contributed by atoms with Crippen molar-refractivity contribution in [2.24, 2.45) is 0 Å². The molecular formula is C41H48F3N9O4S. The zero-order valence-electron chi connectivity index (χ0n) is 32.5. The van der Waals surface area contributed by atoms with Crippen molar-refractivity contribution < 1.29 is 31.2 Å². The predicted molar refractivity (Wildman–Crippen MR) is 217 cm³/mol. The summed E-state index contributed by atoms with van der Waals surface area (Å²) in [5, 5.41) is 8.28. The van der Waals surface area contributed by atoms with Crippen molar-refractivity contribution in [3.05, 3.63) is 101 Å². The lowest BCUT2D eigenvalue weighted by molar-refractivity contribution is -0.137. The number of anilines is 5. The van der Waals surface area contributed by atoms with Gasteiger partial charge in [-0.05, 0) is 72.4 Å². The van der Waals surface area contributed by atoms with Crippen molar-refractivity contribution in [2.75, 3.05) is 72.4 Å². The number of alkyl halides is 3. The molecule has 7 rings (SSSR count). The van der Waals surface area contributed by atoms with Crippen LogP contribution in [0.5, 0.6) is 0 Å². The molecule has 4 aromatic rings. The summed E-state index contributed by atoms with van der Waals surface area (Å²) in [6, 6.07) is 22.8. The summed E-state index contributed by atoms with van der Waals surface area (Å²) in [7, 11) is -2.11. The van der Waals surface area contributed by atoms with Gasteiger partial charge in [0, 0.05) is 89.4 Å². The highest BCUT2D eigenvalue weighted by Crippen LogP contribution is 2.35. The predicted octanol–water partition coefficient (Wildman–Crippen LogP) is 5.55. The maximum atomic E-state index is 13.9. The minimum atomic E-state index is -4.70. The maximum Gasteiger partial charge on any atom is 0.421 e. The largest absolute Gasteiger partial charge is 0.421 e. The lowest BCUT2D eigenvalue weighted by Crippen LogP contribution is -2.53. The first kappa shape index (κ1) is 40.9. The molecule has 1 unspecified atom stereocenters. The first-order valence-electron chi connectivity index (χ1n) is 19.4. The second-order valence-electron chi connectivity index (χ2n) is 15.1. The minimum Gasteiger partial charge on any atom is -0.371 e. The Morgan fingerprint density at radius 3 is 2.33 bits per heavy atom. The van der Waals surface area contributed by atoms with Crippen molar-refractivity contribution >= 4 is 50.7 Å². The quantitative estimate of drug-likeness (QED) is 0.155. The average Bonchev–Trinajstić information content (AvgIpc) is 3.20. The van der Waals surface area contributed by atoms with E-state index in [1.165, 1.54) is 7.05 Å². The fraction of sp³-hybridized carbons (Fsp3) is 0.415. The summed E-state index contributed by atoms with van der Waals surface area (Å²) in [4.78, 5) is 39.8. The number of halogens is 3. The van der Waals surface area contributed by atoms with Gasteiger partial charge in [0.15, 0.2) is 0 Å². The smallest absolute Gasteiger partial charge is 0.371 e. The van der Waals surface area contributed by atoms with Crippen LogP contribution >= 0.6 is 0 Å². The number of sulfonamides is 1. The molecule has 13 nitrogen and oxygen atoms in total. The van der Waals surface area contributed by atoms with Crippen LogP contribution in [-0.4, -0.2) is 98.6 Å². The molecule has 4 heterocycles. The van der Waals surface area contributed by atoms with E-state index >= 15 is 0 Å². The Kier molecular flexibility index (Phi) is 12.2. The van der Waals surface area contributed by atoms with Crippen LogP contribution in [0.2, 0.25) is 0 Å². The number of rotatable bonds is 12. The minimum absolute atomic E-state index is 0.00625. The number of hydrogen-bond acceptors (Lipinski definition) is 11. The highest BCUT2D eigenvalue weighted by molar-refractivity contribution is 7.92. The van der Waals surface area contributed by atoms with E-state index in [0.29, 0.717) is 35.8 Å². The van der Waals surface area contributed by atoms with E-state index in [9.17, 15) is 31.2 Å². The number of hydrogen-bond donors (Lipinski definition) is 3. The second kappa shape index (κ2) is 17.3. The number of piperidine rings is 2. The van der Waals surface area contributed by atoms with Gasteiger partial charge in [0.05, 0.1) is 17.9 Å². The van der Waals surface area contributed by atoms with Crippen LogP contribution in [0.4, 0.5) is 42.0 Å². The zero-order valence-corrected chi connectivity index (χ0v) is 33.3. The third-order valence-corrected chi connectivity index (χ3v) is 12.5. The van der Waals surface area contributed by atoms with Gasteiger partial charge in [-0.3, -0.25) is 29.0 Å². The molecule has 3 aromatic carbocycles. The van der Waals surface area contributed by atoms with Gasteiger partial charge in [-0.1, -0.05) is 36.4 Å². The van der Waals surface area contributed by atoms with E-state index in [2.05, 4.69) is 46.7 Å². The fourth-order valence-corrected chi connectivity index (χ4v) is 8.43. The van der Waals surface area contributed by atoms with Gasteiger partial charge in [-0.2, -0.15) is 18.2 Å². The van der Waals surface area contributed by atoms with Gasteiger partial charge < -0.3 is 15.5 Å². The van der Waals surface area contributed by atoms with Crippen molar-refractivity contribution in [2.45, 2.75) is 56.9 Å². The number of imide groups is 1. The SMILES string of the molecule is CN(c1cccc(CNc2nc(Nc3ccc(N4CCC(N5CCN(Cc6ccccc6C6CCC(=O)NC6=O)CC5)CC4)cc3)ncc2C(F)(F)F)c1)S(C)(=O)=O. The van der Waals surface area contributed by atoms with Crippen LogP contribution in [-0.2, 0) is 38.9 Å². The molecular weight excluding hydrogens is 772 g/mol. The van der Waals surface area contributed by atoms with Crippen LogP contribution in [0.25, 0.3) is 0 Å². The molecule has 3 aliphatic rings. The zero-order chi connectivity index (χ0) is 41.0. The third-order valence-electron chi connectivity index (χ3n) is 11.3. The number of nitrogens with one attached hydrogen (secondary N) is 3.